The van der Waals surface area contributed by atoms with Crippen LogP contribution in [-0.4, -0.2) is 23.6 Å². The van der Waals surface area contributed by atoms with E-state index in [9.17, 15) is 9.59 Å². The van der Waals surface area contributed by atoms with Crippen molar-refractivity contribution >= 4 is 17.4 Å². The first-order valence-electron chi connectivity index (χ1n) is 7.50. The van der Waals surface area contributed by atoms with E-state index in [0.29, 0.717) is 25.0 Å². The molecular weight excluding hydrogens is 280 g/mol. The van der Waals surface area contributed by atoms with Gasteiger partial charge in [-0.1, -0.05) is 36.8 Å². The van der Waals surface area contributed by atoms with Crippen molar-refractivity contribution in [3.05, 3.63) is 41.5 Å². The summed E-state index contributed by atoms with van der Waals surface area (Å²) in [6.45, 7) is 4.35. The predicted molar refractivity (Wildman–Crippen MR) is 86.1 cm³/mol. The second kappa shape index (κ2) is 9.73. The first-order chi connectivity index (χ1) is 10.6. The van der Waals surface area contributed by atoms with Crippen LogP contribution in [-0.2, 0) is 9.59 Å². The Kier molecular flexibility index (Phi) is 7.92. The summed E-state index contributed by atoms with van der Waals surface area (Å²) in [5.41, 5.74) is 4.33. The van der Waals surface area contributed by atoms with Crippen LogP contribution in [0.15, 0.2) is 35.9 Å². The Bertz CT molecular complexity index is 524. The van der Waals surface area contributed by atoms with Crippen molar-refractivity contribution in [2.75, 3.05) is 6.54 Å². The average molecular weight is 304 g/mol. The van der Waals surface area contributed by atoms with Gasteiger partial charge in [0.1, 0.15) is 0 Å². The number of unbranched alkanes of at least 4 members (excludes halogenated alkanes) is 2. The number of rotatable bonds is 8. The molecule has 5 nitrogen and oxygen atoms in total. The van der Waals surface area contributed by atoms with E-state index in [-0.39, 0.29) is 11.8 Å². The third kappa shape index (κ3) is 6.10. The smallest absolute Gasteiger partial charge is 0.247 e. The molecule has 0 aliphatic carbocycles. The number of allylic oxidation sites excluding steroid dienone is 1. The van der Waals surface area contributed by atoms with Gasteiger partial charge in [-0.25, -0.2) is 5.48 Å². The van der Waals surface area contributed by atoms with Crippen LogP contribution < -0.4 is 10.8 Å². The Balaban J connectivity index is 2.34. The molecule has 0 saturated carbocycles. The molecule has 2 amide bonds. The fourth-order valence-electron chi connectivity index (χ4n) is 2.05. The van der Waals surface area contributed by atoms with Crippen LogP contribution in [0.3, 0.4) is 0 Å². The zero-order valence-corrected chi connectivity index (χ0v) is 13.2. The van der Waals surface area contributed by atoms with Gasteiger partial charge >= 0.3 is 0 Å². The minimum absolute atomic E-state index is 0.0607. The van der Waals surface area contributed by atoms with Gasteiger partial charge in [0.25, 0.3) is 0 Å². The fourth-order valence-corrected chi connectivity index (χ4v) is 2.05. The molecule has 0 spiro atoms. The molecule has 1 rings (SSSR count). The summed E-state index contributed by atoms with van der Waals surface area (Å²) in [5, 5.41) is 11.2. The van der Waals surface area contributed by atoms with Gasteiger partial charge in [0.15, 0.2) is 0 Å². The van der Waals surface area contributed by atoms with E-state index >= 15 is 0 Å². The highest BCUT2D eigenvalue weighted by Gasteiger charge is 2.08. The number of hydrogen-bond acceptors (Lipinski definition) is 3. The van der Waals surface area contributed by atoms with Crippen molar-refractivity contribution in [3.63, 3.8) is 0 Å². The number of hydrogen-bond donors (Lipinski definition) is 3. The van der Waals surface area contributed by atoms with Crippen molar-refractivity contribution in [2.24, 2.45) is 0 Å². The Morgan fingerprint density at radius 3 is 2.36 bits per heavy atom. The van der Waals surface area contributed by atoms with Gasteiger partial charge < -0.3 is 5.32 Å². The number of amides is 2. The standard InChI is InChI=1S/C17H24N2O3/c1-13(15-9-5-3-6-10-15)14(2)17(21)18-12-8-4-7-11-16(20)19-22/h3,5-6,9-10,22H,4,7-8,11-12H2,1-2H3,(H,18,21)(H,19,20)/b14-13+. The molecular formula is C17H24N2O3. The molecule has 0 aliphatic heterocycles. The van der Waals surface area contributed by atoms with Gasteiger partial charge in [-0.3, -0.25) is 14.8 Å². The lowest BCUT2D eigenvalue weighted by molar-refractivity contribution is -0.129. The molecule has 0 aromatic heterocycles. The third-order valence-electron chi connectivity index (χ3n) is 3.60. The molecule has 22 heavy (non-hydrogen) atoms. The molecule has 0 heterocycles. The first kappa shape index (κ1) is 17.9. The number of carbonyl (C=O) groups is 2. The largest absolute Gasteiger partial charge is 0.352 e. The number of benzene rings is 1. The second-order valence-electron chi connectivity index (χ2n) is 5.22. The summed E-state index contributed by atoms with van der Waals surface area (Å²) >= 11 is 0. The van der Waals surface area contributed by atoms with Crippen LogP contribution in [0.1, 0.15) is 45.1 Å². The number of hydroxylamine groups is 1. The molecule has 1 aromatic carbocycles. The Morgan fingerprint density at radius 1 is 1.05 bits per heavy atom. The molecule has 120 valence electrons. The van der Waals surface area contributed by atoms with Crippen LogP contribution in [0, 0.1) is 0 Å². The van der Waals surface area contributed by atoms with Gasteiger partial charge in [0, 0.05) is 18.5 Å². The normalized spacial score (nSPS) is 11.6. The summed E-state index contributed by atoms with van der Waals surface area (Å²) in [5.74, 6) is -0.434. The minimum atomic E-state index is -0.374. The Labute approximate surface area is 131 Å². The van der Waals surface area contributed by atoms with Crippen molar-refractivity contribution < 1.29 is 14.8 Å². The van der Waals surface area contributed by atoms with E-state index in [4.69, 9.17) is 5.21 Å². The fraction of sp³-hybridized carbons (Fsp3) is 0.412. The van der Waals surface area contributed by atoms with E-state index in [1.165, 1.54) is 0 Å². The zero-order chi connectivity index (χ0) is 16.4. The van der Waals surface area contributed by atoms with Crippen molar-refractivity contribution in [1.82, 2.24) is 10.8 Å². The zero-order valence-electron chi connectivity index (χ0n) is 13.2. The highest BCUT2D eigenvalue weighted by atomic mass is 16.5. The molecule has 3 N–H and O–H groups in total. The molecule has 1 aromatic rings. The van der Waals surface area contributed by atoms with E-state index < -0.39 is 0 Å². The van der Waals surface area contributed by atoms with E-state index in [0.717, 1.165) is 24.0 Å². The molecule has 0 bridgehead atoms. The van der Waals surface area contributed by atoms with Crippen LogP contribution in [0.25, 0.3) is 5.57 Å². The lowest BCUT2D eigenvalue weighted by Crippen LogP contribution is -2.25. The van der Waals surface area contributed by atoms with Gasteiger partial charge in [0.05, 0.1) is 0 Å². The highest BCUT2D eigenvalue weighted by Crippen LogP contribution is 2.17. The topological polar surface area (TPSA) is 78.4 Å². The monoisotopic (exact) mass is 304 g/mol. The molecule has 5 heteroatoms. The van der Waals surface area contributed by atoms with Crippen LogP contribution in [0.4, 0.5) is 0 Å². The number of carbonyl (C=O) groups excluding carboxylic acids is 2. The molecule has 0 saturated heterocycles. The van der Waals surface area contributed by atoms with Gasteiger partial charge in [-0.2, -0.15) is 0 Å². The first-order valence-corrected chi connectivity index (χ1v) is 7.50. The molecule has 0 atom stereocenters. The maximum atomic E-state index is 12.1. The van der Waals surface area contributed by atoms with Crippen molar-refractivity contribution in [3.8, 4) is 0 Å². The van der Waals surface area contributed by atoms with Crippen LogP contribution >= 0.6 is 0 Å². The minimum Gasteiger partial charge on any atom is -0.352 e. The maximum absolute atomic E-state index is 12.1. The summed E-state index contributed by atoms with van der Waals surface area (Å²) in [4.78, 5) is 22.9. The van der Waals surface area contributed by atoms with Crippen LogP contribution in [0.2, 0.25) is 0 Å². The Morgan fingerprint density at radius 2 is 1.73 bits per heavy atom. The average Bonchev–Trinajstić information content (AvgIpc) is 2.56. The van der Waals surface area contributed by atoms with Gasteiger partial charge in [-0.15, -0.1) is 0 Å². The number of nitrogens with one attached hydrogen (secondary N) is 2. The van der Waals surface area contributed by atoms with Gasteiger partial charge in [0.2, 0.25) is 11.8 Å². The van der Waals surface area contributed by atoms with E-state index in [1.54, 1.807) is 5.48 Å². The highest BCUT2D eigenvalue weighted by molar-refractivity contribution is 6.00. The van der Waals surface area contributed by atoms with E-state index in [1.807, 2.05) is 44.2 Å². The molecule has 0 fully saturated rings. The van der Waals surface area contributed by atoms with Gasteiger partial charge in [-0.05, 0) is 37.8 Å². The predicted octanol–water partition coefficient (Wildman–Crippen LogP) is 2.66. The SMILES string of the molecule is C/C(C(=O)NCCCCCC(=O)NO)=C(/C)c1ccccc1. The second-order valence-corrected chi connectivity index (χ2v) is 5.22. The van der Waals surface area contributed by atoms with E-state index in [2.05, 4.69) is 5.32 Å². The molecule has 0 aliphatic rings. The third-order valence-corrected chi connectivity index (χ3v) is 3.60. The van der Waals surface area contributed by atoms with Crippen molar-refractivity contribution in [1.29, 1.82) is 0 Å². The summed E-state index contributed by atoms with van der Waals surface area (Å²) < 4.78 is 0. The summed E-state index contributed by atoms with van der Waals surface area (Å²) in [7, 11) is 0. The molecule has 0 radical (unpaired) electrons. The van der Waals surface area contributed by atoms with Crippen LogP contribution in [0.5, 0.6) is 0 Å². The lowest BCUT2D eigenvalue weighted by Gasteiger charge is -2.09. The Hall–Kier alpha value is -2.14. The maximum Gasteiger partial charge on any atom is 0.247 e. The quantitative estimate of drug-likeness (QED) is 0.299. The molecule has 0 unspecified atom stereocenters. The summed E-state index contributed by atoms with van der Waals surface area (Å²) in [6, 6.07) is 9.82. The lowest BCUT2D eigenvalue weighted by atomic mass is 10.0. The van der Waals surface area contributed by atoms with Crippen molar-refractivity contribution in [2.45, 2.75) is 39.5 Å². The summed E-state index contributed by atoms with van der Waals surface area (Å²) in [6.07, 6.45) is 2.63.